The number of hydrogen-bond donors (Lipinski definition) is 1. The van der Waals surface area contributed by atoms with E-state index in [1.54, 1.807) is 6.07 Å². The molecule has 1 N–H and O–H groups in total. The molecule has 122 valence electrons. The first-order valence-electron chi connectivity index (χ1n) is 8.16. The SMILES string of the molecule is CCCOc1ccc(-c2ccc(C(=O)O)c(CCC)c2)cc1C. The van der Waals surface area contributed by atoms with Crippen molar-refractivity contribution < 1.29 is 14.6 Å². The van der Waals surface area contributed by atoms with Crippen molar-refractivity contribution >= 4 is 5.97 Å². The van der Waals surface area contributed by atoms with Gasteiger partial charge in [-0.3, -0.25) is 0 Å². The number of hydrogen-bond acceptors (Lipinski definition) is 2. The lowest BCUT2D eigenvalue weighted by Gasteiger charge is -2.12. The minimum atomic E-state index is -0.862. The second-order valence-electron chi connectivity index (χ2n) is 5.76. The quantitative estimate of drug-likeness (QED) is 0.773. The van der Waals surface area contributed by atoms with Crippen LogP contribution in [0, 0.1) is 6.92 Å². The van der Waals surface area contributed by atoms with Crippen molar-refractivity contribution in [2.75, 3.05) is 6.61 Å². The van der Waals surface area contributed by atoms with Gasteiger partial charge in [0.25, 0.3) is 0 Å². The van der Waals surface area contributed by atoms with E-state index in [4.69, 9.17) is 4.74 Å². The van der Waals surface area contributed by atoms with Crippen molar-refractivity contribution in [2.24, 2.45) is 0 Å². The van der Waals surface area contributed by atoms with Crippen LogP contribution in [-0.4, -0.2) is 17.7 Å². The zero-order valence-electron chi connectivity index (χ0n) is 14.1. The fourth-order valence-electron chi connectivity index (χ4n) is 2.66. The summed E-state index contributed by atoms with van der Waals surface area (Å²) in [5.41, 5.74) is 4.51. The minimum absolute atomic E-state index is 0.398. The lowest BCUT2D eigenvalue weighted by Crippen LogP contribution is -2.02. The molecule has 0 aliphatic heterocycles. The fourth-order valence-corrected chi connectivity index (χ4v) is 2.66. The van der Waals surface area contributed by atoms with Crippen molar-refractivity contribution in [1.29, 1.82) is 0 Å². The molecular weight excluding hydrogens is 288 g/mol. The third kappa shape index (κ3) is 4.13. The van der Waals surface area contributed by atoms with E-state index < -0.39 is 5.97 Å². The Kier molecular flexibility index (Phi) is 5.80. The largest absolute Gasteiger partial charge is 0.493 e. The van der Waals surface area contributed by atoms with Crippen molar-refractivity contribution in [2.45, 2.75) is 40.0 Å². The molecule has 0 aromatic heterocycles. The van der Waals surface area contributed by atoms with Gasteiger partial charge < -0.3 is 9.84 Å². The predicted molar refractivity (Wildman–Crippen MR) is 93.4 cm³/mol. The average Bonchev–Trinajstić information content (AvgIpc) is 2.53. The van der Waals surface area contributed by atoms with E-state index in [9.17, 15) is 9.90 Å². The van der Waals surface area contributed by atoms with E-state index in [2.05, 4.69) is 19.9 Å². The summed E-state index contributed by atoms with van der Waals surface area (Å²) in [6, 6.07) is 11.7. The molecule has 0 saturated heterocycles. The second-order valence-corrected chi connectivity index (χ2v) is 5.76. The molecule has 0 radical (unpaired) electrons. The fraction of sp³-hybridized carbons (Fsp3) is 0.350. The summed E-state index contributed by atoms with van der Waals surface area (Å²) >= 11 is 0. The topological polar surface area (TPSA) is 46.5 Å². The van der Waals surface area contributed by atoms with Gasteiger partial charge in [-0.1, -0.05) is 38.5 Å². The molecule has 0 heterocycles. The smallest absolute Gasteiger partial charge is 0.335 e. The molecular formula is C20H24O3. The van der Waals surface area contributed by atoms with E-state index in [0.29, 0.717) is 12.2 Å². The highest BCUT2D eigenvalue weighted by molar-refractivity contribution is 5.90. The van der Waals surface area contributed by atoms with Crippen LogP contribution in [0.2, 0.25) is 0 Å². The molecule has 23 heavy (non-hydrogen) atoms. The van der Waals surface area contributed by atoms with Gasteiger partial charge >= 0.3 is 5.97 Å². The highest BCUT2D eigenvalue weighted by Crippen LogP contribution is 2.28. The van der Waals surface area contributed by atoms with Crippen LogP contribution in [0.4, 0.5) is 0 Å². The van der Waals surface area contributed by atoms with Gasteiger partial charge in [-0.05, 0) is 60.2 Å². The Balaban J connectivity index is 2.36. The third-order valence-corrected chi connectivity index (χ3v) is 3.82. The first kappa shape index (κ1) is 17.1. The van der Waals surface area contributed by atoms with Gasteiger partial charge in [-0.2, -0.15) is 0 Å². The van der Waals surface area contributed by atoms with Crippen LogP contribution in [0.3, 0.4) is 0 Å². The molecule has 2 aromatic carbocycles. The molecule has 3 nitrogen and oxygen atoms in total. The normalized spacial score (nSPS) is 10.6. The van der Waals surface area contributed by atoms with Crippen molar-refractivity contribution in [3.63, 3.8) is 0 Å². The number of rotatable bonds is 7. The molecule has 2 aromatic rings. The monoisotopic (exact) mass is 312 g/mol. The third-order valence-electron chi connectivity index (χ3n) is 3.82. The molecule has 0 aliphatic rings. The van der Waals surface area contributed by atoms with Crippen molar-refractivity contribution in [1.82, 2.24) is 0 Å². The maximum absolute atomic E-state index is 11.3. The summed E-state index contributed by atoms with van der Waals surface area (Å²) in [7, 11) is 0. The van der Waals surface area contributed by atoms with Gasteiger partial charge in [0, 0.05) is 0 Å². The van der Waals surface area contributed by atoms with Crippen LogP contribution in [-0.2, 0) is 6.42 Å². The maximum Gasteiger partial charge on any atom is 0.335 e. The van der Waals surface area contributed by atoms with Crippen LogP contribution >= 0.6 is 0 Å². The van der Waals surface area contributed by atoms with Gasteiger partial charge in [0.1, 0.15) is 5.75 Å². The second kappa shape index (κ2) is 7.82. The van der Waals surface area contributed by atoms with Gasteiger partial charge in [0.15, 0.2) is 0 Å². The highest BCUT2D eigenvalue weighted by Gasteiger charge is 2.11. The zero-order valence-corrected chi connectivity index (χ0v) is 14.1. The molecule has 3 heteroatoms. The lowest BCUT2D eigenvalue weighted by molar-refractivity contribution is 0.0695. The van der Waals surface area contributed by atoms with Crippen molar-refractivity contribution in [3.05, 3.63) is 53.1 Å². The van der Waals surface area contributed by atoms with Crippen LogP contribution in [0.5, 0.6) is 5.75 Å². The Hall–Kier alpha value is -2.29. The molecule has 0 unspecified atom stereocenters. The number of carboxylic acids is 1. The summed E-state index contributed by atoms with van der Waals surface area (Å²) in [6.07, 6.45) is 2.68. The summed E-state index contributed by atoms with van der Waals surface area (Å²) in [5.74, 6) is 0.0473. The molecule has 0 fully saturated rings. The van der Waals surface area contributed by atoms with Crippen LogP contribution in [0.1, 0.15) is 48.2 Å². The lowest BCUT2D eigenvalue weighted by atomic mass is 9.96. The summed E-state index contributed by atoms with van der Waals surface area (Å²) < 4.78 is 5.71. The van der Waals surface area contributed by atoms with Gasteiger partial charge in [-0.15, -0.1) is 0 Å². The number of carbonyl (C=O) groups is 1. The van der Waals surface area contributed by atoms with Crippen molar-refractivity contribution in [3.8, 4) is 16.9 Å². The number of ether oxygens (including phenoxy) is 1. The standard InChI is InChI=1S/C20H24O3/c1-4-6-17-13-16(7-9-18(17)20(21)22)15-8-10-19(14(3)12-15)23-11-5-2/h7-10,12-13H,4-6,11H2,1-3H3,(H,21,22). The van der Waals surface area contributed by atoms with E-state index in [-0.39, 0.29) is 0 Å². The van der Waals surface area contributed by atoms with Crippen LogP contribution in [0.25, 0.3) is 11.1 Å². The maximum atomic E-state index is 11.3. The zero-order chi connectivity index (χ0) is 16.8. The molecule has 0 amide bonds. The van der Waals surface area contributed by atoms with Crippen LogP contribution < -0.4 is 4.74 Å². The Morgan fingerprint density at radius 2 is 1.74 bits per heavy atom. The Morgan fingerprint density at radius 3 is 2.35 bits per heavy atom. The first-order valence-corrected chi connectivity index (χ1v) is 8.16. The summed E-state index contributed by atoms with van der Waals surface area (Å²) in [5, 5.41) is 9.30. The van der Waals surface area contributed by atoms with E-state index in [1.165, 1.54) is 0 Å². The molecule has 0 atom stereocenters. The number of aromatic carboxylic acids is 1. The molecule has 0 saturated carbocycles. The molecule has 0 bridgehead atoms. The minimum Gasteiger partial charge on any atom is -0.493 e. The van der Waals surface area contributed by atoms with Gasteiger partial charge in [-0.25, -0.2) is 4.79 Å². The Labute approximate surface area is 137 Å². The summed E-state index contributed by atoms with van der Waals surface area (Å²) in [6.45, 7) is 6.90. The summed E-state index contributed by atoms with van der Waals surface area (Å²) in [4.78, 5) is 11.3. The Morgan fingerprint density at radius 1 is 1.04 bits per heavy atom. The van der Waals surface area contributed by atoms with E-state index in [0.717, 1.165) is 47.3 Å². The molecule has 0 spiro atoms. The van der Waals surface area contributed by atoms with Gasteiger partial charge in [0.05, 0.1) is 12.2 Å². The van der Waals surface area contributed by atoms with E-state index in [1.807, 2.05) is 31.2 Å². The van der Waals surface area contributed by atoms with Gasteiger partial charge in [0.2, 0.25) is 0 Å². The molecule has 2 rings (SSSR count). The first-order chi connectivity index (χ1) is 11.1. The number of benzene rings is 2. The van der Waals surface area contributed by atoms with E-state index >= 15 is 0 Å². The molecule has 0 aliphatic carbocycles. The Bertz CT molecular complexity index is 689. The predicted octanol–water partition coefficient (Wildman–Crippen LogP) is 5.10. The highest BCUT2D eigenvalue weighted by atomic mass is 16.5. The van der Waals surface area contributed by atoms with Crippen LogP contribution in [0.15, 0.2) is 36.4 Å². The average molecular weight is 312 g/mol. The number of carboxylic acid groups (broad SMARTS) is 1. The number of aryl methyl sites for hydroxylation is 2.